The third-order valence-electron chi connectivity index (χ3n) is 6.42. The summed E-state index contributed by atoms with van der Waals surface area (Å²) in [7, 11) is 0. The predicted molar refractivity (Wildman–Crippen MR) is 156 cm³/mol. The summed E-state index contributed by atoms with van der Waals surface area (Å²) < 4.78 is 5.76. The van der Waals surface area contributed by atoms with Crippen molar-refractivity contribution in [3.05, 3.63) is 78.5 Å². The number of likely N-dealkylation sites (tertiary alicyclic amines) is 1. The Kier molecular flexibility index (Phi) is 7.74. The van der Waals surface area contributed by atoms with Crippen LogP contribution in [0.3, 0.4) is 0 Å². The molecule has 3 aromatic heterocycles. The number of carbonyl (C=O) groups is 3. The molecule has 40 heavy (non-hydrogen) atoms. The van der Waals surface area contributed by atoms with E-state index < -0.39 is 0 Å². The number of rotatable bonds is 6. The highest BCUT2D eigenvalue weighted by molar-refractivity contribution is 7.21. The van der Waals surface area contributed by atoms with Crippen LogP contribution in [0, 0.1) is 0 Å². The van der Waals surface area contributed by atoms with Gasteiger partial charge in [-0.25, -0.2) is 14.8 Å². The van der Waals surface area contributed by atoms with Crippen LogP contribution in [-0.4, -0.2) is 51.8 Å². The highest BCUT2D eigenvalue weighted by atomic mass is 32.1. The number of aromatic nitrogens is 2. The average Bonchev–Trinajstić information content (AvgIpc) is 3.61. The van der Waals surface area contributed by atoms with Gasteiger partial charge in [0.15, 0.2) is 0 Å². The summed E-state index contributed by atoms with van der Waals surface area (Å²) >= 11 is 1.22. The van der Waals surface area contributed by atoms with Gasteiger partial charge in [-0.05, 0) is 48.9 Å². The standard InChI is InChI=1S/C27H22N6O4S.C2H6/c1-2-21(34)32-14-11-16(15-32)30-25(35)24-23-22-19(10-13-29-26(22)38-24)33(27(36)31-23)17-6-8-18(9-7-17)37-20-5-3-4-12-28-20;1-2/h2-10,12-13,16H,1,11,14-15H2,(H,30,35)(H,31,36);1-2H3. The molecule has 1 atom stereocenters. The van der Waals surface area contributed by atoms with Crippen molar-refractivity contribution < 1.29 is 19.1 Å². The average molecular weight is 557 g/mol. The Morgan fingerprint density at radius 2 is 1.93 bits per heavy atom. The molecule has 0 bridgehead atoms. The number of urea groups is 1. The summed E-state index contributed by atoms with van der Waals surface area (Å²) in [5.74, 6) is 0.589. The number of hydrogen-bond acceptors (Lipinski definition) is 7. The minimum absolute atomic E-state index is 0.156. The highest BCUT2D eigenvalue weighted by Gasteiger charge is 2.34. The molecule has 4 amide bonds. The van der Waals surface area contributed by atoms with Crippen molar-refractivity contribution >= 4 is 56.5 Å². The second-order valence-corrected chi connectivity index (χ2v) is 9.79. The summed E-state index contributed by atoms with van der Waals surface area (Å²) in [6, 6.07) is 13.7. The second-order valence-electron chi connectivity index (χ2n) is 8.79. The molecule has 1 saturated heterocycles. The number of benzene rings is 1. The van der Waals surface area contributed by atoms with E-state index in [0.717, 1.165) is 0 Å². The molecule has 11 heteroatoms. The molecule has 5 heterocycles. The Morgan fingerprint density at radius 3 is 2.65 bits per heavy atom. The normalized spacial score (nSPS) is 15.7. The van der Waals surface area contributed by atoms with E-state index >= 15 is 0 Å². The molecule has 4 aromatic rings. The van der Waals surface area contributed by atoms with Crippen LogP contribution in [0.4, 0.5) is 21.9 Å². The van der Waals surface area contributed by atoms with Gasteiger partial charge in [0.1, 0.15) is 15.5 Å². The van der Waals surface area contributed by atoms with Crippen molar-refractivity contribution in [2.24, 2.45) is 0 Å². The fraction of sp³-hybridized carbons (Fsp3) is 0.207. The number of hydrogen-bond donors (Lipinski definition) is 2. The topological polar surface area (TPSA) is 117 Å². The lowest BCUT2D eigenvalue weighted by Crippen LogP contribution is -2.39. The van der Waals surface area contributed by atoms with Crippen LogP contribution in [0.5, 0.6) is 11.6 Å². The van der Waals surface area contributed by atoms with Crippen molar-refractivity contribution in [2.75, 3.05) is 23.3 Å². The van der Waals surface area contributed by atoms with Gasteiger partial charge >= 0.3 is 6.03 Å². The number of amides is 4. The maximum atomic E-state index is 13.3. The Balaban J connectivity index is 0.00000158. The van der Waals surface area contributed by atoms with Crippen molar-refractivity contribution in [3.63, 3.8) is 0 Å². The highest BCUT2D eigenvalue weighted by Crippen LogP contribution is 2.45. The van der Waals surface area contributed by atoms with Crippen molar-refractivity contribution in [1.29, 1.82) is 0 Å². The fourth-order valence-corrected chi connectivity index (χ4v) is 5.67. The van der Waals surface area contributed by atoms with Gasteiger partial charge in [0.2, 0.25) is 11.8 Å². The molecule has 2 N–H and O–H groups in total. The smallest absolute Gasteiger partial charge is 0.331 e. The zero-order valence-electron chi connectivity index (χ0n) is 22.1. The van der Waals surface area contributed by atoms with E-state index in [1.54, 1.807) is 58.6 Å². The Bertz CT molecular complexity index is 1570. The fourth-order valence-electron chi connectivity index (χ4n) is 4.65. The Labute approximate surface area is 235 Å². The number of pyridine rings is 2. The summed E-state index contributed by atoms with van der Waals surface area (Å²) in [6.45, 7) is 8.49. The molecule has 1 fully saturated rings. The van der Waals surface area contributed by atoms with Crippen molar-refractivity contribution in [2.45, 2.75) is 26.3 Å². The molecule has 1 unspecified atom stereocenters. The summed E-state index contributed by atoms with van der Waals surface area (Å²) in [5.41, 5.74) is 1.70. The van der Waals surface area contributed by atoms with E-state index in [1.807, 2.05) is 26.0 Å². The van der Waals surface area contributed by atoms with Crippen LogP contribution in [0.15, 0.2) is 73.6 Å². The molecule has 204 valence electrons. The molecule has 0 spiro atoms. The zero-order valence-corrected chi connectivity index (χ0v) is 22.9. The lowest BCUT2D eigenvalue weighted by Gasteiger charge is -2.28. The third kappa shape index (κ3) is 5.10. The molecule has 6 rings (SSSR count). The number of thiophene rings is 1. The van der Waals surface area contributed by atoms with Gasteiger partial charge in [0.25, 0.3) is 5.91 Å². The maximum Gasteiger partial charge on any atom is 0.331 e. The lowest BCUT2D eigenvalue weighted by atomic mass is 10.1. The summed E-state index contributed by atoms with van der Waals surface area (Å²) in [5, 5.41) is 6.59. The third-order valence-corrected chi connectivity index (χ3v) is 7.51. The lowest BCUT2D eigenvalue weighted by molar-refractivity contribution is -0.125. The maximum absolute atomic E-state index is 13.3. The van der Waals surface area contributed by atoms with Crippen LogP contribution < -0.4 is 20.3 Å². The van der Waals surface area contributed by atoms with Crippen LogP contribution >= 0.6 is 11.3 Å². The Morgan fingerprint density at radius 1 is 1.12 bits per heavy atom. The predicted octanol–water partition coefficient (Wildman–Crippen LogP) is 5.71. The van der Waals surface area contributed by atoms with Crippen LogP contribution in [0.1, 0.15) is 29.9 Å². The molecule has 0 saturated carbocycles. The minimum Gasteiger partial charge on any atom is -0.439 e. The van der Waals surface area contributed by atoms with E-state index in [9.17, 15) is 14.4 Å². The first kappa shape index (κ1) is 26.8. The van der Waals surface area contributed by atoms with E-state index in [4.69, 9.17) is 4.74 Å². The molecule has 0 aliphatic carbocycles. The van der Waals surface area contributed by atoms with Crippen LogP contribution in [-0.2, 0) is 4.79 Å². The van der Waals surface area contributed by atoms with Gasteiger partial charge in [0.05, 0.1) is 22.4 Å². The first-order valence-corrected chi connectivity index (χ1v) is 13.8. The van der Waals surface area contributed by atoms with Gasteiger partial charge in [-0.3, -0.25) is 14.5 Å². The molecule has 2 aliphatic rings. The van der Waals surface area contributed by atoms with E-state index in [2.05, 4.69) is 27.2 Å². The SMILES string of the molecule is C=CC(=O)N1CCC(NC(=O)c2sc3nccc4c3c2NC(=O)N4c2ccc(Oc3ccccn3)cc2)C1.CC. The first-order chi connectivity index (χ1) is 19.5. The van der Waals surface area contributed by atoms with E-state index in [-0.39, 0.29) is 23.9 Å². The first-order valence-electron chi connectivity index (χ1n) is 13.0. The molecular formula is C29H28N6O4S. The monoisotopic (exact) mass is 556 g/mol. The van der Waals surface area contributed by atoms with Gasteiger partial charge < -0.3 is 20.3 Å². The summed E-state index contributed by atoms with van der Waals surface area (Å²) in [6.07, 6.45) is 5.19. The number of nitrogens with zero attached hydrogens (tertiary/aromatic N) is 4. The molecule has 2 aliphatic heterocycles. The molecular weight excluding hydrogens is 528 g/mol. The quantitative estimate of drug-likeness (QED) is 0.294. The molecule has 1 aromatic carbocycles. The number of nitrogens with one attached hydrogen (secondary N) is 2. The van der Waals surface area contributed by atoms with Crippen molar-refractivity contribution in [1.82, 2.24) is 20.2 Å². The molecule has 10 nitrogen and oxygen atoms in total. The number of ether oxygens (including phenoxy) is 1. The largest absolute Gasteiger partial charge is 0.439 e. The van der Waals surface area contributed by atoms with Gasteiger partial charge in [0, 0.05) is 37.6 Å². The van der Waals surface area contributed by atoms with Crippen LogP contribution in [0.25, 0.3) is 10.2 Å². The van der Waals surface area contributed by atoms with Crippen molar-refractivity contribution in [3.8, 4) is 11.6 Å². The minimum atomic E-state index is -0.389. The number of carbonyl (C=O) groups excluding carboxylic acids is 3. The molecule has 0 radical (unpaired) electrons. The Hall–Kier alpha value is -4.77. The van der Waals surface area contributed by atoms with Gasteiger partial charge in [-0.15, -0.1) is 11.3 Å². The summed E-state index contributed by atoms with van der Waals surface area (Å²) in [4.78, 5) is 51.3. The van der Waals surface area contributed by atoms with Gasteiger partial charge in [-0.2, -0.15) is 0 Å². The van der Waals surface area contributed by atoms with Gasteiger partial charge in [-0.1, -0.05) is 26.5 Å². The van der Waals surface area contributed by atoms with Crippen LogP contribution in [0.2, 0.25) is 0 Å². The second kappa shape index (κ2) is 11.5. The number of anilines is 3. The van der Waals surface area contributed by atoms with E-state index in [1.165, 1.54) is 17.4 Å². The zero-order chi connectivity index (χ0) is 28.2. The van der Waals surface area contributed by atoms with E-state index in [0.29, 0.717) is 63.3 Å².